The number of ether oxygens (including phenoxy) is 3. The highest BCUT2D eigenvalue weighted by Gasteiger charge is 2.30. The average Bonchev–Trinajstić information content (AvgIpc) is 2.81. The first kappa shape index (κ1) is 30.1. The van der Waals surface area contributed by atoms with Gasteiger partial charge in [-0.2, -0.15) is 0 Å². The number of benzene rings is 1. The van der Waals surface area contributed by atoms with E-state index in [2.05, 4.69) is 78.6 Å². The standard InChI is InChI=1S/C29H42Br2O4/c1-20-8-7-9-22(3)25(30)15-11-21(2)10-13-23-18-24(14-16-26(23)34-19-33-6)28(32)35-27(17-12-20)29(4,5)31/h8,10,14,16,18,22,25,27H,7,9,11-13,15,17,19H2,1-6H3/b20-8+,21-10+/t22?,25-,27-/m0/s1. The molecule has 35 heavy (non-hydrogen) atoms. The minimum Gasteiger partial charge on any atom is -0.467 e. The number of cyclic esters (lactones) is 1. The quantitative estimate of drug-likeness (QED) is 0.148. The van der Waals surface area contributed by atoms with E-state index in [1.54, 1.807) is 13.2 Å². The molecule has 0 radical (unpaired) electrons. The third-order valence-electron chi connectivity index (χ3n) is 6.66. The first-order chi connectivity index (χ1) is 16.5. The topological polar surface area (TPSA) is 44.8 Å². The van der Waals surface area contributed by atoms with E-state index >= 15 is 0 Å². The molecule has 2 bridgehead atoms. The van der Waals surface area contributed by atoms with Crippen LogP contribution in [0.1, 0.15) is 89.1 Å². The van der Waals surface area contributed by atoms with Gasteiger partial charge in [0.05, 0.1) is 9.89 Å². The molecule has 1 aromatic carbocycles. The summed E-state index contributed by atoms with van der Waals surface area (Å²) < 4.78 is 16.6. The summed E-state index contributed by atoms with van der Waals surface area (Å²) in [4.78, 5) is 13.7. The van der Waals surface area contributed by atoms with Crippen LogP contribution in [0, 0.1) is 5.92 Å². The van der Waals surface area contributed by atoms with Gasteiger partial charge < -0.3 is 14.2 Å². The van der Waals surface area contributed by atoms with E-state index in [0.29, 0.717) is 22.7 Å². The molecule has 0 aliphatic carbocycles. The molecule has 0 amide bonds. The number of hydrogen-bond acceptors (Lipinski definition) is 4. The van der Waals surface area contributed by atoms with Gasteiger partial charge in [0.25, 0.3) is 0 Å². The number of allylic oxidation sites excluding steroid dienone is 4. The molecule has 0 N–H and O–H groups in total. The number of alkyl halides is 2. The summed E-state index contributed by atoms with van der Waals surface area (Å²) >= 11 is 7.67. The van der Waals surface area contributed by atoms with Crippen molar-refractivity contribution in [3.63, 3.8) is 0 Å². The molecule has 6 heteroatoms. The van der Waals surface area contributed by atoms with E-state index in [9.17, 15) is 4.79 Å². The lowest BCUT2D eigenvalue weighted by molar-refractivity contribution is 0.0214. The lowest BCUT2D eigenvalue weighted by Crippen LogP contribution is -2.34. The number of esters is 1. The Morgan fingerprint density at radius 1 is 1.09 bits per heavy atom. The molecule has 1 aliphatic heterocycles. The van der Waals surface area contributed by atoms with E-state index < -0.39 is 0 Å². The number of halogens is 2. The SMILES string of the molecule is COCOc1ccc2cc1C/C=C(\C)CC[C@H](Br)C(C)CC/C=C(\C)CC[C@@H](C(C)(C)Br)OC2=O. The van der Waals surface area contributed by atoms with E-state index in [-0.39, 0.29) is 23.2 Å². The van der Waals surface area contributed by atoms with Gasteiger partial charge >= 0.3 is 5.97 Å². The summed E-state index contributed by atoms with van der Waals surface area (Å²) in [5.41, 5.74) is 4.17. The van der Waals surface area contributed by atoms with Gasteiger partial charge in [0.15, 0.2) is 6.79 Å². The Balaban J connectivity index is 2.37. The number of hydrogen-bond donors (Lipinski definition) is 0. The van der Waals surface area contributed by atoms with Crippen molar-refractivity contribution in [1.29, 1.82) is 0 Å². The van der Waals surface area contributed by atoms with Crippen LogP contribution in [0.25, 0.3) is 0 Å². The first-order valence-electron chi connectivity index (χ1n) is 12.6. The van der Waals surface area contributed by atoms with E-state index in [1.807, 2.05) is 12.1 Å². The second-order valence-electron chi connectivity index (χ2n) is 10.3. The van der Waals surface area contributed by atoms with Crippen molar-refractivity contribution >= 4 is 37.8 Å². The fourth-order valence-electron chi connectivity index (χ4n) is 4.14. The third-order valence-corrected chi connectivity index (χ3v) is 8.53. The lowest BCUT2D eigenvalue weighted by Gasteiger charge is -2.29. The van der Waals surface area contributed by atoms with Crippen LogP contribution in [0.2, 0.25) is 0 Å². The molecule has 196 valence electrons. The maximum Gasteiger partial charge on any atom is 0.338 e. The average molecular weight is 614 g/mol. The van der Waals surface area contributed by atoms with Crippen molar-refractivity contribution in [3.05, 3.63) is 52.6 Å². The molecule has 2 rings (SSSR count). The number of carbonyl (C=O) groups excluding carboxylic acids is 1. The van der Waals surface area contributed by atoms with Gasteiger partial charge in [-0.25, -0.2) is 4.79 Å². The molecule has 1 unspecified atom stereocenters. The van der Waals surface area contributed by atoms with Gasteiger partial charge in [-0.1, -0.05) is 62.1 Å². The van der Waals surface area contributed by atoms with E-state index in [0.717, 1.165) is 49.8 Å². The Morgan fingerprint density at radius 2 is 1.77 bits per heavy atom. The summed E-state index contributed by atoms with van der Waals surface area (Å²) in [6.45, 7) is 11.0. The maximum absolute atomic E-state index is 13.2. The molecule has 0 aromatic heterocycles. The molecule has 1 aromatic rings. The fraction of sp³-hybridized carbons (Fsp3) is 0.621. The van der Waals surface area contributed by atoms with Crippen molar-refractivity contribution < 1.29 is 19.0 Å². The zero-order valence-electron chi connectivity index (χ0n) is 22.2. The minimum atomic E-state index is -0.330. The number of rotatable bonds is 4. The van der Waals surface area contributed by atoms with Gasteiger partial charge in [0, 0.05) is 11.9 Å². The van der Waals surface area contributed by atoms with Crippen molar-refractivity contribution in [3.8, 4) is 5.75 Å². The number of fused-ring (bicyclic) bond motifs is 2. The molecule has 4 nitrogen and oxygen atoms in total. The molecule has 0 fully saturated rings. The van der Waals surface area contributed by atoms with E-state index in [1.165, 1.54) is 11.1 Å². The lowest BCUT2D eigenvalue weighted by atomic mass is 9.95. The van der Waals surface area contributed by atoms with Gasteiger partial charge in [0.2, 0.25) is 0 Å². The molecule has 0 saturated carbocycles. The Morgan fingerprint density at radius 3 is 2.46 bits per heavy atom. The van der Waals surface area contributed by atoms with Crippen LogP contribution in [0.3, 0.4) is 0 Å². The maximum atomic E-state index is 13.2. The Kier molecular flexibility index (Phi) is 12.5. The van der Waals surface area contributed by atoms with Gasteiger partial charge in [-0.15, -0.1) is 0 Å². The minimum absolute atomic E-state index is 0.162. The van der Waals surface area contributed by atoms with Gasteiger partial charge in [0.1, 0.15) is 11.9 Å². The van der Waals surface area contributed by atoms with Crippen LogP contribution >= 0.6 is 31.9 Å². The predicted octanol–water partition coefficient (Wildman–Crippen LogP) is 8.56. The monoisotopic (exact) mass is 612 g/mol. The Hall–Kier alpha value is -1.11. The highest BCUT2D eigenvalue weighted by atomic mass is 79.9. The molecular weight excluding hydrogens is 572 g/mol. The molecule has 1 heterocycles. The summed E-state index contributed by atoms with van der Waals surface area (Å²) in [6, 6.07) is 5.51. The van der Waals surface area contributed by atoms with Gasteiger partial charge in [-0.3, -0.25) is 0 Å². The summed E-state index contributed by atoms with van der Waals surface area (Å²) in [6.07, 6.45) is 11.1. The van der Waals surface area contributed by atoms with Crippen molar-refractivity contribution in [2.45, 2.75) is 94.8 Å². The van der Waals surface area contributed by atoms with Crippen LogP contribution in [-0.4, -0.2) is 35.1 Å². The van der Waals surface area contributed by atoms with Gasteiger partial charge in [-0.05, 0) is 102 Å². The normalized spacial score (nSPS) is 26.7. The van der Waals surface area contributed by atoms with Crippen molar-refractivity contribution in [2.24, 2.45) is 5.92 Å². The summed E-state index contributed by atoms with van der Waals surface area (Å²) in [7, 11) is 1.60. The van der Waals surface area contributed by atoms with Crippen LogP contribution in [-0.2, 0) is 15.9 Å². The third kappa shape index (κ3) is 10.4. The molecule has 3 atom stereocenters. The Bertz CT molecular complexity index is 885. The number of methoxy groups -OCH3 is 1. The predicted molar refractivity (Wildman–Crippen MR) is 152 cm³/mol. The Labute approximate surface area is 229 Å². The second kappa shape index (κ2) is 14.6. The number of carbonyl (C=O) groups is 1. The zero-order chi connectivity index (χ0) is 26.0. The van der Waals surface area contributed by atoms with Crippen LogP contribution < -0.4 is 4.74 Å². The van der Waals surface area contributed by atoms with E-state index in [4.69, 9.17) is 14.2 Å². The molecule has 0 spiro atoms. The largest absolute Gasteiger partial charge is 0.467 e. The highest BCUT2D eigenvalue weighted by Crippen LogP contribution is 2.31. The summed E-state index contributed by atoms with van der Waals surface area (Å²) in [5, 5.41) is 0. The summed E-state index contributed by atoms with van der Waals surface area (Å²) in [5.74, 6) is 1.02. The second-order valence-corrected chi connectivity index (χ2v) is 13.5. The molecule has 1 aliphatic rings. The zero-order valence-corrected chi connectivity index (χ0v) is 25.3. The fourth-order valence-corrected chi connectivity index (χ4v) is 4.95. The van der Waals surface area contributed by atoms with Crippen LogP contribution in [0.5, 0.6) is 5.75 Å². The smallest absolute Gasteiger partial charge is 0.338 e. The molecular formula is C29H42Br2O4. The molecule has 0 saturated heterocycles. The van der Waals surface area contributed by atoms with Crippen molar-refractivity contribution in [2.75, 3.05) is 13.9 Å². The van der Waals surface area contributed by atoms with Crippen molar-refractivity contribution in [1.82, 2.24) is 0 Å². The van der Waals surface area contributed by atoms with Crippen LogP contribution in [0.15, 0.2) is 41.5 Å². The highest BCUT2D eigenvalue weighted by molar-refractivity contribution is 9.10. The van der Waals surface area contributed by atoms with Crippen LogP contribution in [0.4, 0.5) is 0 Å². The first-order valence-corrected chi connectivity index (χ1v) is 14.3.